The number of rotatable bonds is 2. The molecule has 3 aromatic rings. The molecule has 0 fully saturated rings. The molecule has 0 aliphatic carbocycles. The van der Waals surface area contributed by atoms with Crippen LogP contribution in [0.4, 0.5) is 5.69 Å². The second kappa shape index (κ2) is 4.03. The van der Waals surface area contributed by atoms with Crippen molar-refractivity contribution < 1.29 is 4.74 Å². The van der Waals surface area contributed by atoms with Crippen LogP contribution in [0.5, 0.6) is 5.75 Å². The van der Waals surface area contributed by atoms with Crippen LogP contribution in [-0.2, 0) is 0 Å². The Morgan fingerprint density at radius 2 is 1.94 bits per heavy atom. The van der Waals surface area contributed by atoms with Gasteiger partial charge in [0, 0.05) is 6.20 Å². The first-order valence-corrected chi connectivity index (χ1v) is 5.54. The van der Waals surface area contributed by atoms with Gasteiger partial charge in [0.25, 0.3) is 0 Å². The summed E-state index contributed by atoms with van der Waals surface area (Å²) in [5.74, 6) is 1.48. The number of fused-ring (bicyclic) bond motifs is 1. The first-order chi connectivity index (χ1) is 8.81. The van der Waals surface area contributed by atoms with Crippen LogP contribution in [0.1, 0.15) is 0 Å². The highest BCUT2D eigenvalue weighted by atomic mass is 16.5. The van der Waals surface area contributed by atoms with Gasteiger partial charge in [-0.25, -0.2) is 0 Å². The molecule has 0 radical (unpaired) electrons. The van der Waals surface area contributed by atoms with Gasteiger partial charge in [0.15, 0.2) is 11.5 Å². The molecule has 0 bridgehead atoms. The highest BCUT2D eigenvalue weighted by Gasteiger charge is 2.13. The molecule has 2 heterocycles. The third-order valence-corrected chi connectivity index (χ3v) is 2.81. The van der Waals surface area contributed by atoms with Crippen molar-refractivity contribution >= 4 is 11.3 Å². The van der Waals surface area contributed by atoms with Crippen molar-refractivity contribution in [3.63, 3.8) is 0 Å². The molecular formula is C13H12N4O. The summed E-state index contributed by atoms with van der Waals surface area (Å²) in [7, 11) is 1.64. The lowest BCUT2D eigenvalue weighted by atomic mass is 10.2. The van der Waals surface area contributed by atoms with Crippen LogP contribution in [0.15, 0.2) is 42.6 Å². The maximum absolute atomic E-state index is 5.86. The molecular weight excluding hydrogens is 228 g/mol. The largest absolute Gasteiger partial charge is 0.496 e. The predicted octanol–water partition coefficient (Wildman–Crippen LogP) is 1.99. The molecule has 5 nitrogen and oxygen atoms in total. The van der Waals surface area contributed by atoms with Crippen LogP contribution in [-0.4, -0.2) is 21.7 Å². The highest BCUT2D eigenvalue weighted by Crippen LogP contribution is 2.29. The molecule has 0 saturated heterocycles. The molecule has 5 heteroatoms. The van der Waals surface area contributed by atoms with Crippen LogP contribution in [0.25, 0.3) is 17.0 Å². The topological polar surface area (TPSA) is 65.4 Å². The van der Waals surface area contributed by atoms with E-state index in [0.717, 1.165) is 17.1 Å². The number of nitrogen functional groups attached to an aromatic ring is 1. The molecule has 0 atom stereocenters. The first kappa shape index (κ1) is 10.6. The van der Waals surface area contributed by atoms with Crippen molar-refractivity contribution in [2.75, 3.05) is 12.8 Å². The lowest BCUT2D eigenvalue weighted by Gasteiger charge is -2.06. The lowest BCUT2D eigenvalue weighted by molar-refractivity contribution is 0.416. The van der Waals surface area contributed by atoms with Gasteiger partial charge in [-0.2, -0.15) is 0 Å². The van der Waals surface area contributed by atoms with Crippen molar-refractivity contribution in [2.24, 2.45) is 0 Å². The van der Waals surface area contributed by atoms with E-state index in [0.29, 0.717) is 11.3 Å². The Morgan fingerprint density at radius 3 is 2.78 bits per heavy atom. The number of pyridine rings is 1. The molecule has 0 amide bonds. The molecule has 2 aromatic heterocycles. The maximum Gasteiger partial charge on any atom is 0.184 e. The summed E-state index contributed by atoms with van der Waals surface area (Å²) >= 11 is 0. The Labute approximate surface area is 104 Å². The zero-order valence-electron chi connectivity index (χ0n) is 9.87. The average molecular weight is 240 g/mol. The molecule has 18 heavy (non-hydrogen) atoms. The fourth-order valence-corrected chi connectivity index (χ4v) is 1.95. The van der Waals surface area contributed by atoms with Gasteiger partial charge in [0.1, 0.15) is 5.75 Å². The summed E-state index contributed by atoms with van der Waals surface area (Å²) in [6.07, 6.45) is 1.88. The van der Waals surface area contributed by atoms with E-state index in [9.17, 15) is 0 Å². The third-order valence-electron chi connectivity index (χ3n) is 2.81. The van der Waals surface area contributed by atoms with Gasteiger partial charge in [0.2, 0.25) is 0 Å². The Bertz CT molecular complexity index is 705. The molecule has 90 valence electrons. The minimum absolute atomic E-state index is 0.603. The normalized spacial score (nSPS) is 10.7. The van der Waals surface area contributed by atoms with Gasteiger partial charge < -0.3 is 10.5 Å². The van der Waals surface area contributed by atoms with Gasteiger partial charge in [-0.3, -0.25) is 4.40 Å². The molecule has 1 aromatic carbocycles. The monoisotopic (exact) mass is 240 g/mol. The highest BCUT2D eigenvalue weighted by molar-refractivity contribution is 5.71. The van der Waals surface area contributed by atoms with E-state index < -0.39 is 0 Å². The number of ether oxygens (including phenoxy) is 1. The van der Waals surface area contributed by atoms with Crippen LogP contribution < -0.4 is 10.5 Å². The van der Waals surface area contributed by atoms with Gasteiger partial charge in [-0.1, -0.05) is 12.1 Å². The quantitative estimate of drug-likeness (QED) is 0.744. The Kier molecular flexibility index (Phi) is 2.37. The minimum Gasteiger partial charge on any atom is -0.496 e. The fourth-order valence-electron chi connectivity index (χ4n) is 1.95. The van der Waals surface area contributed by atoms with Crippen molar-refractivity contribution in [1.29, 1.82) is 0 Å². The second-order valence-electron chi connectivity index (χ2n) is 3.88. The lowest BCUT2D eigenvalue weighted by Crippen LogP contribution is -1.95. The molecule has 3 rings (SSSR count). The zero-order valence-corrected chi connectivity index (χ0v) is 9.87. The number of anilines is 1. The molecule has 0 aliphatic rings. The van der Waals surface area contributed by atoms with Gasteiger partial charge in [-0.05, 0) is 24.3 Å². The number of hydrogen-bond acceptors (Lipinski definition) is 4. The van der Waals surface area contributed by atoms with E-state index in [4.69, 9.17) is 10.5 Å². The average Bonchev–Trinajstić information content (AvgIpc) is 2.84. The van der Waals surface area contributed by atoms with Crippen LogP contribution >= 0.6 is 0 Å². The summed E-state index contributed by atoms with van der Waals surface area (Å²) in [5, 5.41) is 8.29. The van der Waals surface area contributed by atoms with Crippen LogP contribution in [0.2, 0.25) is 0 Å². The fraction of sp³-hybridized carbons (Fsp3) is 0.0769. The number of aromatic nitrogens is 3. The van der Waals surface area contributed by atoms with Crippen LogP contribution in [0.3, 0.4) is 0 Å². The number of hydrogen-bond donors (Lipinski definition) is 1. The van der Waals surface area contributed by atoms with E-state index in [1.54, 1.807) is 13.2 Å². The SMILES string of the molecule is COc1ccccc1-c1nnc2c(N)cccn12. The van der Waals surface area contributed by atoms with E-state index in [1.807, 2.05) is 40.9 Å². The van der Waals surface area contributed by atoms with Gasteiger partial charge in [-0.15, -0.1) is 10.2 Å². The second-order valence-corrected chi connectivity index (χ2v) is 3.88. The molecule has 0 saturated carbocycles. The molecule has 0 unspecified atom stereocenters. The van der Waals surface area contributed by atoms with E-state index in [1.165, 1.54) is 0 Å². The number of nitrogens with zero attached hydrogens (tertiary/aromatic N) is 3. The molecule has 2 N–H and O–H groups in total. The summed E-state index contributed by atoms with van der Waals surface area (Å²) in [6, 6.07) is 11.4. The summed E-state index contributed by atoms with van der Waals surface area (Å²) in [4.78, 5) is 0. The Morgan fingerprint density at radius 1 is 1.11 bits per heavy atom. The number of para-hydroxylation sites is 1. The van der Waals surface area contributed by atoms with Crippen LogP contribution in [0, 0.1) is 0 Å². The number of benzene rings is 1. The summed E-state index contributed by atoms with van der Waals surface area (Å²) in [5.41, 5.74) is 8.00. The molecule has 0 aliphatic heterocycles. The smallest absolute Gasteiger partial charge is 0.184 e. The van der Waals surface area contributed by atoms with E-state index in [-0.39, 0.29) is 0 Å². The van der Waals surface area contributed by atoms with Gasteiger partial charge >= 0.3 is 0 Å². The number of methoxy groups -OCH3 is 1. The van der Waals surface area contributed by atoms with Crippen molar-refractivity contribution in [2.45, 2.75) is 0 Å². The molecule has 0 spiro atoms. The van der Waals surface area contributed by atoms with Crippen molar-refractivity contribution in [3.05, 3.63) is 42.6 Å². The Hall–Kier alpha value is -2.56. The van der Waals surface area contributed by atoms with Crippen molar-refractivity contribution in [1.82, 2.24) is 14.6 Å². The zero-order chi connectivity index (χ0) is 12.5. The van der Waals surface area contributed by atoms with E-state index >= 15 is 0 Å². The summed E-state index contributed by atoms with van der Waals surface area (Å²) in [6.45, 7) is 0. The van der Waals surface area contributed by atoms with E-state index in [2.05, 4.69) is 10.2 Å². The first-order valence-electron chi connectivity index (χ1n) is 5.54. The minimum atomic E-state index is 0.603. The maximum atomic E-state index is 5.86. The Balaban J connectivity index is 2.29. The third kappa shape index (κ3) is 1.48. The summed E-state index contributed by atoms with van der Waals surface area (Å²) < 4.78 is 7.19. The van der Waals surface area contributed by atoms with Gasteiger partial charge in [0.05, 0.1) is 18.4 Å². The number of nitrogens with two attached hydrogens (primary N) is 1. The predicted molar refractivity (Wildman–Crippen MR) is 69.4 cm³/mol. The van der Waals surface area contributed by atoms with Crippen molar-refractivity contribution in [3.8, 4) is 17.1 Å². The standard InChI is InChI=1S/C13H12N4O/c1-18-11-7-3-2-5-9(11)12-15-16-13-10(14)6-4-8-17(12)13/h2-8H,14H2,1H3.